The molecular formula is C11H21N. The van der Waals surface area contributed by atoms with Gasteiger partial charge in [0.1, 0.15) is 0 Å². The molecule has 0 aromatic rings. The molecule has 2 saturated carbocycles. The third-order valence-corrected chi connectivity index (χ3v) is 4.10. The molecule has 0 saturated heterocycles. The lowest BCUT2D eigenvalue weighted by Gasteiger charge is -2.51. The molecule has 0 aliphatic heterocycles. The van der Waals surface area contributed by atoms with Crippen LogP contribution in [0.25, 0.3) is 0 Å². The van der Waals surface area contributed by atoms with Gasteiger partial charge in [-0.1, -0.05) is 19.8 Å². The molecule has 0 bridgehead atoms. The molecule has 1 nitrogen and oxygen atoms in total. The Hall–Kier alpha value is -0.0400. The zero-order valence-electron chi connectivity index (χ0n) is 8.40. The van der Waals surface area contributed by atoms with Crippen LogP contribution in [0.2, 0.25) is 0 Å². The molecule has 70 valence electrons. The van der Waals surface area contributed by atoms with Crippen molar-refractivity contribution in [2.24, 2.45) is 11.3 Å². The van der Waals surface area contributed by atoms with Crippen LogP contribution in [0.5, 0.6) is 0 Å². The van der Waals surface area contributed by atoms with Gasteiger partial charge in [0, 0.05) is 6.04 Å². The standard InChI is InChI=1S/C11H21N/c1-9-3-5-11(6-4-9)7-10(8-11)12-2/h9-10,12H,3-8H2,1-2H3. The predicted octanol–water partition coefficient (Wildman–Crippen LogP) is 2.56. The molecule has 1 heteroatoms. The highest BCUT2D eigenvalue weighted by molar-refractivity contribution is 4.98. The third kappa shape index (κ3) is 1.39. The monoisotopic (exact) mass is 167 g/mol. The van der Waals surface area contributed by atoms with Crippen molar-refractivity contribution >= 4 is 0 Å². The van der Waals surface area contributed by atoms with E-state index in [0.29, 0.717) is 0 Å². The molecular weight excluding hydrogens is 146 g/mol. The zero-order valence-corrected chi connectivity index (χ0v) is 8.40. The van der Waals surface area contributed by atoms with Gasteiger partial charge in [-0.05, 0) is 44.1 Å². The van der Waals surface area contributed by atoms with Crippen LogP contribution in [-0.2, 0) is 0 Å². The Balaban J connectivity index is 1.83. The van der Waals surface area contributed by atoms with Crippen LogP contribution in [0.3, 0.4) is 0 Å². The van der Waals surface area contributed by atoms with Crippen LogP contribution in [0.1, 0.15) is 45.4 Å². The summed E-state index contributed by atoms with van der Waals surface area (Å²) in [5, 5.41) is 3.38. The molecule has 2 aliphatic carbocycles. The van der Waals surface area contributed by atoms with E-state index in [4.69, 9.17) is 0 Å². The van der Waals surface area contributed by atoms with Crippen LogP contribution in [0.15, 0.2) is 0 Å². The van der Waals surface area contributed by atoms with Gasteiger partial charge in [0.05, 0.1) is 0 Å². The summed E-state index contributed by atoms with van der Waals surface area (Å²) in [7, 11) is 2.10. The van der Waals surface area contributed by atoms with Crippen molar-refractivity contribution in [2.75, 3.05) is 7.05 Å². The number of rotatable bonds is 1. The number of nitrogens with one attached hydrogen (secondary N) is 1. The Kier molecular flexibility index (Phi) is 2.16. The molecule has 2 fully saturated rings. The lowest BCUT2D eigenvalue weighted by molar-refractivity contribution is 0.0278. The van der Waals surface area contributed by atoms with Crippen molar-refractivity contribution in [3.8, 4) is 0 Å². The van der Waals surface area contributed by atoms with E-state index in [1.165, 1.54) is 38.5 Å². The maximum absolute atomic E-state index is 3.38. The summed E-state index contributed by atoms with van der Waals surface area (Å²) < 4.78 is 0. The molecule has 0 radical (unpaired) electrons. The topological polar surface area (TPSA) is 12.0 Å². The average Bonchev–Trinajstić information content (AvgIpc) is 2.02. The average molecular weight is 167 g/mol. The first kappa shape index (κ1) is 8.55. The summed E-state index contributed by atoms with van der Waals surface area (Å²) in [5.74, 6) is 1.00. The summed E-state index contributed by atoms with van der Waals surface area (Å²) in [5.41, 5.74) is 0.792. The molecule has 2 aliphatic rings. The normalized spacial score (nSPS) is 47.5. The maximum Gasteiger partial charge on any atom is 0.00746 e. The smallest absolute Gasteiger partial charge is 0.00746 e. The summed E-state index contributed by atoms with van der Waals surface area (Å²) in [6.45, 7) is 2.40. The minimum absolute atomic E-state index is 0.792. The molecule has 0 heterocycles. The van der Waals surface area contributed by atoms with Gasteiger partial charge in [0.15, 0.2) is 0 Å². The minimum Gasteiger partial charge on any atom is -0.317 e. The van der Waals surface area contributed by atoms with Crippen LogP contribution >= 0.6 is 0 Å². The summed E-state index contributed by atoms with van der Waals surface area (Å²) in [6, 6.07) is 0.846. The van der Waals surface area contributed by atoms with E-state index in [-0.39, 0.29) is 0 Å². The Morgan fingerprint density at radius 2 is 1.75 bits per heavy atom. The number of hydrogen-bond donors (Lipinski definition) is 1. The van der Waals surface area contributed by atoms with Crippen LogP contribution in [0, 0.1) is 11.3 Å². The van der Waals surface area contributed by atoms with Gasteiger partial charge in [-0.3, -0.25) is 0 Å². The molecule has 0 aromatic heterocycles. The first-order chi connectivity index (χ1) is 5.74. The van der Waals surface area contributed by atoms with Crippen molar-refractivity contribution < 1.29 is 0 Å². The first-order valence-electron chi connectivity index (χ1n) is 5.41. The fourth-order valence-electron chi connectivity index (χ4n) is 2.97. The highest BCUT2D eigenvalue weighted by Crippen LogP contribution is 2.52. The molecule has 0 atom stereocenters. The van der Waals surface area contributed by atoms with Gasteiger partial charge in [0.2, 0.25) is 0 Å². The van der Waals surface area contributed by atoms with Gasteiger partial charge in [-0.15, -0.1) is 0 Å². The second-order valence-corrected chi connectivity index (χ2v) is 5.08. The zero-order chi connectivity index (χ0) is 8.60. The predicted molar refractivity (Wildman–Crippen MR) is 52.1 cm³/mol. The van der Waals surface area contributed by atoms with Crippen molar-refractivity contribution in [1.82, 2.24) is 5.32 Å². The van der Waals surface area contributed by atoms with Crippen molar-refractivity contribution in [3.63, 3.8) is 0 Å². The quantitative estimate of drug-likeness (QED) is 0.633. The Morgan fingerprint density at radius 3 is 2.25 bits per heavy atom. The largest absolute Gasteiger partial charge is 0.317 e. The fraction of sp³-hybridized carbons (Fsp3) is 1.00. The summed E-state index contributed by atoms with van der Waals surface area (Å²) >= 11 is 0. The lowest BCUT2D eigenvalue weighted by atomic mass is 9.57. The minimum atomic E-state index is 0.792. The summed E-state index contributed by atoms with van der Waals surface area (Å²) in [6.07, 6.45) is 8.89. The van der Waals surface area contributed by atoms with Crippen molar-refractivity contribution in [3.05, 3.63) is 0 Å². The van der Waals surface area contributed by atoms with E-state index in [1.807, 2.05) is 0 Å². The van der Waals surface area contributed by atoms with E-state index in [1.54, 1.807) is 0 Å². The van der Waals surface area contributed by atoms with Gasteiger partial charge in [-0.2, -0.15) is 0 Å². The van der Waals surface area contributed by atoms with Gasteiger partial charge in [0.25, 0.3) is 0 Å². The van der Waals surface area contributed by atoms with Gasteiger partial charge in [-0.25, -0.2) is 0 Å². The Morgan fingerprint density at radius 1 is 1.17 bits per heavy atom. The maximum atomic E-state index is 3.38. The SMILES string of the molecule is CNC1CC2(CCC(C)CC2)C1. The van der Waals surface area contributed by atoms with Crippen LogP contribution in [-0.4, -0.2) is 13.1 Å². The first-order valence-corrected chi connectivity index (χ1v) is 5.41. The number of hydrogen-bond acceptors (Lipinski definition) is 1. The molecule has 12 heavy (non-hydrogen) atoms. The van der Waals surface area contributed by atoms with E-state index in [9.17, 15) is 0 Å². The molecule has 2 rings (SSSR count). The van der Waals surface area contributed by atoms with Gasteiger partial charge < -0.3 is 5.32 Å². The molecule has 1 spiro atoms. The van der Waals surface area contributed by atoms with E-state index in [0.717, 1.165) is 17.4 Å². The van der Waals surface area contributed by atoms with Crippen molar-refractivity contribution in [1.29, 1.82) is 0 Å². The van der Waals surface area contributed by atoms with Crippen molar-refractivity contribution in [2.45, 2.75) is 51.5 Å². The second kappa shape index (κ2) is 3.02. The highest BCUT2D eigenvalue weighted by atomic mass is 14.9. The van der Waals surface area contributed by atoms with E-state index < -0.39 is 0 Å². The lowest BCUT2D eigenvalue weighted by Crippen LogP contribution is -2.49. The molecule has 1 N–H and O–H groups in total. The van der Waals surface area contributed by atoms with Gasteiger partial charge >= 0.3 is 0 Å². The second-order valence-electron chi connectivity index (χ2n) is 5.08. The van der Waals surface area contributed by atoms with Crippen LogP contribution in [0.4, 0.5) is 0 Å². The Labute approximate surface area is 75.9 Å². The van der Waals surface area contributed by atoms with E-state index in [2.05, 4.69) is 19.3 Å². The van der Waals surface area contributed by atoms with E-state index >= 15 is 0 Å². The highest BCUT2D eigenvalue weighted by Gasteiger charge is 2.44. The summed E-state index contributed by atoms with van der Waals surface area (Å²) in [4.78, 5) is 0. The molecule has 0 amide bonds. The third-order valence-electron chi connectivity index (χ3n) is 4.10. The van der Waals surface area contributed by atoms with Crippen LogP contribution < -0.4 is 5.32 Å². The molecule has 0 unspecified atom stereocenters. The fourth-order valence-corrected chi connectivity index (χ4v) is 2.97. The molecule has 0 aromatic carbocycles. The Bertz CT molecular complexity index is 141.